The fourth-order valence-electron chi connectivity index (χ4n) is 2.20. The average molecular weight is 272 g/mol. The maximum absolute atomic E-state index is 12.2. The Labute approximate surface area is 119 Å². The van der Waals surface area contributed by atoms with Crippen LogP contribution in [0.25, 0.3) is 0 Å². The van der Waals surface area contributed by atoms with E-state index in [4.69, 9.17) is 0 Å². The summed E-state index contributed by atoms with van der Waals surface area (Å²) in [7, 11) is 0. The first-order chi connectivity index (χ1) is 9.65. The van der Waals surface area contributed by atoms with Crippen LogP contribution in [0.4, 0.5) is 0 Å². The van der Waals surface area contributed by atoms with E-state index in [1.165, 1.54) is 0 Å². The zero-order chi connectivity index (χ0) is 14.5. The number of aliphatic hydroxyl groups is 1. The molecule has 106 valence electrons. The van der Waals surface area contributed by atoms with Gasteiger partial charge in [0.25, 0.3) is 0 Å². The van der Waals surface area contributed by atoms with Crippen LogP contribution in [0.1, 0.15) is 36.9 Å². The Morgan fingerprint density at radius 1 is 1.30 bits per heavy atom. The van der Waals surface area contributed by atoms with Crippen molar-refractivity contribution < 1.29 is 9.90 Å². The van der Waals surface area contributed by atoms with E-state index in [1.807, 2.05) is 42.8 Å². The first-order valence-electron chi connectivity index (χ1n) is 6.97. The standard InChI is InChI=1S/C16H20N2O2/c1-3-13-10-14(18(4-2)17-13)11-15(19)16(20)12-8-6-5-7-9-12/h5-10,16,20H,3-4,11H2,1-2H3. The largest absolute Gasteiger partial charge is 0.381 e. The third-order valence-electron chi connectivity index (χ3n) is 3.35. The summed E-state index contributed by atoms with van der Waals surface area (Å²) >= 11 is 0. The summed E-state index contributed by atoms with van der Waals surface area (Å²) in [5.41, 5.74) is 2.48. The van der Waals surface area contributed by atoms with Crippen LogP contribution < -0.4 is 0 Å². The zero-order valence-corrected chi connectivity index (χ0v) is 11.9. The Hall–Kier alpha value is -1.94. The Bertz CT molecular complexity index is 575. The van der Waals surface area contributed by atoms with Crippen LogP contribution >= 0.6 is 0 Å². The second-order valence-corrected chi connectivity index (χ2v) is 4.75. The van der Waals surface area contributed by atoms with E-state index < -0.39 is 6.10 Å². The molecule has 0 fully saturated rings. The van der Waals surface area contributed by atoms with Gasteiger partial charge in [0.1, 0.15) is 6.10 Å². The lowest BCUT2D eigenvalue weighted by Gasteiger charge is -2.10. The van der Waals surface area contributed by atoms with Crippen molar-refractivity contribution >= 4 is 5.78 Å². The van der Waals surface area contributed by atoms with Crippen LogP contribution in [-0.2, 0) is 24.2 Å². The number of hydrogen-bond donors (Lipinski definition) is 1. The van der Waals surface area contributed by atoms with Gasteiger partial charge in [-0.25, -0.2) is 0 Å². The van der Waals surface area contributed by atoms with E-state index in [0.717, 1.165) is 24.4 Å². The van der Waals surface area contributed by atoms with Crippen LogP contribution in [0.5, 0.6) is 0 Å². The molecule has 0 radical (unpaired) electrons. The van der Waals surface area contributed by atoms with Crippen molar-refractivity contribution in [2.75, 3.05) is 0 Å². The number of nitrogens with zero attached hydrogens (tertiary/aromatic N) is 2. The summed E-state index contributed by atoms with van der Waals surface area (Å²) in [5, 5.41) is 14.5. The van der Waals surface area contributed by atoms with Crippen molar-refractivity contribution in [2.45, 2.75) is 39.3 Å². The van der Waals surface area contributed by atoms with Crippen molar-refractivity contribution in [3.63, 3.8) is 0 Å². The van der Waals surface area contributed by atoms with Gasteiger partial charge in [-0.05, 0) is 25.0 Å². The molecule has 0 aliphatic heterocycles. The molecule has 1 unspecified atom stereocenters. The molecule has 2 rings (SSSR count). The number of carbonyl (C=O) groups excluding carboxylic acids is 1. The number of rotatable bonds is 6. The molecule has 0 bridgehead atoms. The highest BCUT2D eigenvalue weighted by atomic mass is 16.3. The number of Topliss-reactive ketones (excluding diaryl/α,β-unsaturated/α-hetero) is 1. The monoisotopic (exact) mass is 272 g/mol. The third-order valence-corrected chi connectivity index (χ3v) is 3.35. The summed E-state index contributed by atoms with van der Waals surface area (Å²) < 4.78 is 1.83. The third kappa shape index (κ3) is 3.14. The van der Waals surface area contributed by atoms with E-state index >= 15 is 0 Å². The van der Waals surface area contributed by atoms with E-state index in [0.29, 0.717) is 5.56 Å². The first-order valence-corrected chi connectivity index (χ1v) is 6.97. The van der Waals surface area contributed by atoms with Crippen molar-refractivity contribution in [3.05, 3.63) is 53.3 Å². The Morgan fingerprint density at radius 2 is 2.00 bits per heavy atom. The first kappa shape index (κ1) is 14.5. The predicted octanol–water partition coefficient (Wildman–Crippen LogP) is 2.31. The Balaban J connectivity index is 2.13. The number of aliphatic hydroxyl groups excluding tert-OH is 1. The van der Waals surface area contributed by atoms with E-state index in [1.54, 1.807) is 12.1 Å². The van der Waals surface area contributed by atoms with Crippen molar-refractivity contribution in [3.8, 4) is 0 Å². The molecule has 1 heterocycles. The van der Waals surface area contributed by atoms with Crippen LogP contribution in [0.3, 0.4) is 0 Å². The van der Waals surface area contributed by atoms with E-state index in [9.17, 15) is 9.90 Å². The number of carbonyl (C=O) groups is 1. The van der Waals surface area contributed by atoms with Gasteiger partial charge >= 0.3 is 0 Å². The number of hydrogen-bond acceptors (Lipinski definition) is 3. The topological polar surface area (TPSA) is 55.1 Å². The fraction of sp³-hybridized carbons (Fsp3) is 0.375. The average Bonchev–Trinajstić information content (AvgIpc) is 2.89. The van der Waals surface area contributed by atoms with Crippen LogP contribution in [0.15, 0.2) is 36.4 Å². The molecule has 4 nitrogen and oxygen atoms in total. The van der Waals surface area contributed by atoms with Gasteiger partial charge < -0.3 is 5.11 Å². The Kier molecular flexibility index (Phi) is 4.69. The van der Waals surface area contributed by atoms with Gasteiger partial charge in [-0.1, -0.05) is 37.3 Å². The minimum Gasteiger partial charge on any atom is -0.381 e. The molecule has 0 saturated carbocycles. The molecule has 0 saturated heterocycles. The highest BCUT2D eigenvalue weighted by molar-refractivity contribution is 5.85. The van der Waals surface area contributed by atoms with Crippen LogP contribution in [0, 0.1) is 0 Å². The molecule has 2 aromatic rings. The van der Waals surface area contributed by atoms with Gasteiger partial charge in [-0.15, -0.1) is 0 Å². The summed E-state index contributed by atoms with van der Waals surface area (Å²) in [5.74, 6) is -0.201. The SMILES string of the molecule is CCc1cc(CC(=O)C(O)c2ccccc2)n(CC)n1. The van der Waals surface area contributed by atoms with Crippen LogP contribution in [-0.4, -0.2) is 20.7 Å². The molecular weight excluding hydrogens is 252 g/mol. The maximum Gasteiger partial charge on any atom is 0.171 e. The molecule has 20 heavy (non-hydrogen) atoms. The van der Waals surface area contributed by atoms with Gasteiger partial charge in [0.2, 0.25) is 0 Å². The highest BCUT2D eigenvalue weighted by Gasteiger charge is 2.19. The van der Waals surface area contributed by atoms with Gasteiger partial charge in [-0.3, -0.25) is 9.48 Å². The summed E-state index contributed by atoms with van der Waals surface area (Å²) in [6.45, 7) is 4.75. The molecular formula is C16H20N2O2. The molecule has 0 amide bonds. The lowest BCUT2D eigenvalue weighted by Crippen LogP contribution is -2.16. The fourth-order valence-corrected chi connectivity index (χ4v) is 2.20. The molecule has 0 spiro atoms. The minimum atomic E-state index is -1.07. The quantitative estimate of drug-likeness (QED) is 0.878. The second kappa shape index (κ2) is 6.48. The molecule has 1 N–H and O–H groups in total. The molecule has 0 aliphatic carbocycles. The van der Waals surface area contributed by atoms with Crippen molar-refractivity contribution in [1.29, 1.82) is 0 Å². The Morgan fingerprint density at radius 3 is 2.60 bits per heavy atom. The van der Waals surface area contributed by atoms with Gasteiger partial charge in [0.15, 0.2) is 5.78 Å². The lowest BCUT2D eigenvalue weighted by atomic mass is 10.0. The van der Waals surface area contributed by atoms with Gasteiger partial charge in [0, 0.05) is 12.2 Å². The number of ketones is 1. The van der Waals surface area contributed by atoms with E-state index in [2.05, 4.69) is 5.10 Å². The zero-order valence-electron chi connectivity index (χ0n) is 11.9. The number of benzene rings is 1. The van der Waals surface area contributed by atoms with Crippen LogP contribution in [0.2, 0.25) is 0 Å². The lowest BCUT2D eigenvalue weighted by molar-refractivity contribution is -0.126. The second-order valence-electron chi connectivity index (χ2n) is 4.75. The molecule has 1 aromatic carbocycles. The molecule has 0 aliphatic rings. The summed E-state index contributed by atoms with van der Waals surface area (Å²) in [6, 6.07) is 11.0. The highest BCUT2D eigenvalue weighted by Crippen LogP contribution is 2.16. The van der Waals surface area contributed by atoms with Gasteiger partial charge in [-0.2, -0.15) is 5.10 Å². The maximum atomic E-state index is 12.2. The van der Waals surface area contributed by atoms with E-state index in [-0.39, 0.29) is 12.2 Å². The predicted molar refractivity (Wildman–Crippen MR) is 77.4 cm³/mol. The molecule has 1 atom stereocenters. The van der Waals surface area contributed by atoms with Crippen molar-refractivity contribution in [2.24, 2.45) is 0 Å². The number of aromatic nitrogens is 2. The summed E-state index contributed by atoms with van der Waals surface area (Å²) in [6.07, 6.45) is -0.0201. The number of aryl methyl sites for hydroxylation is 2. The smallest absolute Gasteiger partial charge is 0.171 e. The molecule has 1 aromatic heterocycles. The summed E-state index contributed by atoms with van der Waals surface area (Å²) in [4.78, 5) is 12.2. The van der Waals surface area contributed by atoms with Gasteiger partial charge in [0.05, 0.1) is 12.1 Å². The molecule has 4 heteroatoms. The normalized spacial score (nSPS) is 12.3. The minimum absolute atomic E-state index is 0.201. The van der Waals surface area contributed by atoms with Crippen molar-refractivity contribution in [1.82, 2.24) is 9.78 Å².